The van der Waals surface area contributed by atoms with Crippen molar-refractivity contribution < 1.29 is 23.5 Å². The van der Waals surface area contributed by atoms with Crippen LogP contribution in [-0.4, -0.2) is 54.9 Å². The number of likely N-dealkylation sites (tertiary alicyclic amines) is 1. The molecule has 1 aliphatic heterocycles. The van der Waals surface area contributed by atoms with Gasteiger partial charge in [-0.3, -0.25) is 14.4 Å². The molecule has 2 aromatic rings. The molecule has 0 spiro atoms. The Morgan fingerprint density at radius 2 is 1.74 bits per heavy atom. The highest BCUT2D eigenvalue weighted by molar-refractivity contribution is 5.98. The van der Waals surface area contributed by atoms with Crippen LogP contribution in [0.5, 0.6) is 5.75 Å². The van der Waals surface area contributed by atoms with E-state index in [1.165, 1.54) is 25.3 Å². The van der Waals surface area contributed by atoms with Crippen LogP contribution in [0.4, 0.5) is 4.39 Å². The molecular weight excluding hydrogens is 437 g/mol. The Kier molecular flexibility index (Phi) is 8.62. The van der Waals surface area contributed by atoms with Crippen LogP contribution < -0.4 is 15.4 Å². The van der Waals surface area contributed by atoms with E-state index >= 15 is 0 Å². The fourth-order valence-electron chi connectivity index (χ4n) is 4.06. The second-order valence-corrected chi connectivity index (χ2v) is 8.64. The van der Waals surface area contributed by atoms with E-state index in [1.807, 2.05) is 13.8 Å². The van der Waals surface area contributed by atoms with Gasteiger partial charge in [-0.25, -0.2) is 4.39 Å². The van der Waals surface area contributed by atoms with Crippen LogP contribution in [0.25, 0.3) is 0 Å². The number of halogens is 1. The molecule has 8 heteroatoms. The van der Waals surface area contributed by atoms with Gasteiger partial charge >= 0.3 is 0 Å². The molecule has 2 unspecified atom stereocenters. The quantitative estimate of drug-likeness (QED) is 0.620. The highest BCUT2D eigenvalue weighted by atomic mass is 19.1. The third-order valence-corrected chi connectivity index (χ3v) is 6.27. The van der Waals surface area contributed by atoms with Crippen molar-refractivity contribution in [3.8, 4) is 5.75 Å². The molecule has 182 valence electrons. The maximum Gasteiger partial charge on any atom is 0.253 e. The lowest BCUT2D eigenvalue weighted by molar-refractivity contribution is -0.125. The van der Waals surface area contributed by atoms with Crippen LogP contribution in [0.15, 0.2) is 48.5 Å². The number of hydrogen-bond acceptors (Lipinski definition) is 4. The minimum atomic E-state index is -0.737. The maximum absolute atomic E-state index is 13.5. The number of nitrogens with one attached hydrogen (secondary N) is 2. The summed E-state index contributed by atoms with van der Waals surface area (Å²) in [5.74, 6) is -0.878. The number of rotatable bonds is 8. The summed E-state index contributed by atoms with van der Waals surface area (Å²) in [7, 11) is 1.53. The number of benzene rings is 2. The van der Waals surface area contributed by atoms with Crippen molar-refractivity contribution in [1.29, 1.82) is 0 Å². The van der Waals surface area contributed by atoms with E-state index in [4.69, 9.17) is 4.74 Å². The highest BCUT2D eigenvalue weighted by Crippen LogP contribution is 2.24. The van der Waals surface area contributed by atoms with E-state index in [0.29, 0.717) is 42.8 Å². The van der Waals surface area contributed by atoms with Gasteiger partial charge in [-0.05, 0) is 68.5 Å². The fraction of sp³-hybridized carbons (Fsp3) is 0.423. The van der Waals surface area contributed by atoms with E-state index in [9.17, 15) is 18.8 Å². The first-order chi connectivity index (χ1) is 16.3. The summed E-state index contributed by atoms with van der Waals surface area (Å²) >= 11 is 0. The molecule has 0 bridgehead atoms. The summed E-state index contributed by atoms with van der Waals surface area (Å²) in [4.78, 5) is 40.5. The summed E-state index contributed by atoms with van der Waals surface area (Å²) in [6, 6.07) is 11.6. The number of carbonyl (C=O) groups is 3. The average Bonchev–Trinajstić information content (AvgIpc) is 2.86. The summed E-state index contributed by atoms with van der Waals surface area (Å²) in [5.41, 5.74) is 0.704. The standard InChI is InChI=1S/C26H32FN3O4/c1-4-17(2)28-25(32)23(29-24(31)19-7-6-10-22(16-19)34-3)18-11-13-30(14-12-18)26(33)20-8-5-9-21(27)15-20/h5-10,15-18,23H,4,11-14H2,1-3H3,(H,28,32)(H,29,31). The van der Waals surface area contributed by atoms with Gasteiger partial charge < -0.3 is 20.3 Å². The van der Waals surface area contributed by atoms with Crippen LogP contribution in [0.3, 0.4) is 0 Å². The zero-order chi connectivity index (χ0) is 24.7. The lowest BCUT2D eigenvalue weighted by atomic mass is 9.88. The zero-order valence-electron chi connectivity index (χ0n) is 19.8. The molecule has 3 amide bonds. The van der Waals surface area contributed by atoms with E-state index in [2.05, 4.69) is 10.6 Å². The molecule has 0 saturated carbocycles. The Hall–Kier alpha value is -3.42. The zero-order valence-corrected chi connectivity index (χ0v) is 19.8. The van der Waals surface area contributed by atoms with E-state index in [-0.39, 0.29) is 29.7 Å². The van der Waals surface area contributed by atoms with E-state index in [1.54, 1.807) is 35.2 Å². The molecule has 0 radical (unpaired) electrons. The number of amides is 3. The highest BCUT2D eigenvalue weighted by Gasteiger charge is 2.34. The van der Waals surface area contributed by atoms with E-state index in [0.717, 1.165) is 6.42 Å². The third kappa shape index (κ3) is 6.34. The molecule has 1 heterocycles. The Balaban J connectivity index is 1.71. The Labute approximate surface area is 199 Å². The first-order valence-corrected chi connectivity index (χ1v) is 11.6. The van der Waals surface area contributed by atoms with Gasteiger partial charge in [0.25, 0.3) is 11.8 Å². The predicted molar refractivity (Wildman–Crippen MR) is 127 cm³/mol. The second kappa shape index (κ2) is 11.6. The van der Waals surface area contributed by atoms with Gasteiger partial charge in [0.2, 0.25) is 5.91 Å². The normalized spacial score (nSPS) is 15.8. The largest absolute Gasteiger partial charge is 0.497 e. The van der Waals surface area contributed by atoms with Crippen molar-refractivity contribution in [1.82, 2.24) is 15.5 Å². The lowest BCUT2D eigenvalue weighted by Gasteiger charge is -2.36. The van der Waals surface area contributed by atoms with Crippen molar-refractivity contribution in [3.63, 3.8) is 0 Å². The fourth-order valence-corrected chi connectivity index (χ4v) is 4.06. The van der Waals surface area contributed by atoms with Gasteiger partial charge in [-0.15, -0.1) is 0 Å². The van der Waals surface area contributed by atoms with Gasteiger partial charge in [-0.2, -0.15) is 0 Å². The average molecular weight is 470 g/mol. The van der Waals surface area contributed by atoms with Gasteiger partial charge in [0.1, 0.15) is 17.6 Å². The Morgan fingerprint density at radius 1 is 1.06 bits per heavy atom. The SMILES string of the molecule is CCC(C)NC(=O)C(NC(=O)c1cccc(OC)c1)C1CCN(C(=O)c2cccc(F)c2)CC1. The number of carbonyl (C=O) groups excluding carboxylic acids is 3. The summed E-state index contributed by atoms with van der Waals surface area (Å²) in [6.45, 7) is 4.73. The molecule has 1 aliphatic rings. The van der Waals surface area contributed by atoms with Crippen LogP contribution in [0, 0.1) is 11.7 Å². The van der Waals surface area contributed by atoms with Crippen molar-refractivity contribution in [3.05, 3.63) is 65.5 Å². The van der Waals surface area contributed by atoms with Crippen molar-refractivity contribution in [2.75, 3.05) is 20.2 Å². The summed E-state index contributed by atoms with van der Waals surface area (Å²) < 4.78 is 18.7. The molecule has 1 saturated heterocycles. The first kappa shape index (κ1) is 25.2. The predicted octanol–water partition coefficient (Wildman–Crippen LogP) is 3.40. The summed E-state index contributed by atoms with van der Waals surface area (Å²) in [6.07, 6.45) is 1.85. The number of methoxy groups -OCH3 is 1. The molecule has 7 nitrogen and oxygen atoms in total. The number of piperidine rings is 1. The molecule has 2 N–H and O–H groups in total. The molecule has 3 rings (SSSR count). The van der Waals surface area contributed by atoms with Gasteiger partial charge in [0.05, 0.1) is 7.11 Å². The first-order valence-electron chi connectivity index (χ1n) is 11.6. The van der Waals surface area contributed by atoms with E-state index < -0.39 is 11.9 Å². The smallest absolute Gasteiger partial charge is 0.253 e. The number of nitrogens with zero attached hydrogens (tertiary/aromatic N) is 1. The minimum absolute atomic E-state index is 0.0293. The lowest BCUT2D eigenvalue weighted by Crippen LogP contribution is -2.55. The minimum Gasteiger partial charge on any atom is -0.497 e. The maximum atomic E-state index is 13.5. The molecule has 1 fully saturated rings. The Morgan fingerprint density at radius 3 is 2.38 bits per heavy atom. The van der Waals surface area contributed by atoms with Crippen molar-refractivity contribution in [2.24, 2.45) is 5.92 Å². The van der Waals surface area contributed by atoms with Crippen LogP contribution in [0.1, 0.15) is 53.8 Å². The topological polar surface area (TPSA) is 87.7 Å². The number of hydrogen-bond donors (Lipinski definition) is 2. The summed E-state index contributed by atoms with van der Waals surface area (Å²) in [5, 5.41) is 5.88. The molecule has 34 heavy (non-hydrogen) atoms. The Bertz CT molecular complexity index is 1020. The third-order valence-electron chi connectivity index (χ3n) is 6.27. The molecule has 0 aliphatic carbocycles. The second-order valence-electron chi connectivity index (χ2n) is 8.64. The van der Waals surface area contributed by atoms with Crippen LogP contribution >= 0.6 is 0 Å². The van der Waals surface area contributed by atoms with Crippen LogP contribution in [-0.2, 0) is 4.79 Å². The number of ether oxygens (including phenoxy) is 1. The monoisotopic (exact) mass is 469 g/mol. The van der Waals surface area contributed by atoms with Gasteiger partial charge in [0.15, 0.2) is 0 Å². The van der Waals surface area contributed by atoms with Crippen molar-refractivity contribution in [2.45, 2.75) is 45.2 Å². The molecular formula is C26H32FN3O4. The van der Waals surface area contributed by atoms with Crippen LogP contribution in [0.2, 0.25) is 0 Å². The molecule has 2 atom stereocenters. The molecule has 2 aromatic carbocycles. The van der Waals surface area contributed by atoms with Gasteiger partial charge in [0, 0.05) is 30.3 Å². The van der Waals surface area contributed by atoms with Crippen molar-refractivity contribution >= 4 is 17.7 Å². The van der Waals surface area contributed by atoms with Gasteiger partial charge in [-0.1, -0.05) is 19.1 Å². The molecule has 0 aromatic heterocycles.